The smallest absolute Gasteiger partial charge is 0.322 e. The molecule has 30 heavy (non-hydrogen) atoms. The molecule has 2 saturated heterocycles. The van der Waals surface area contributed by atoms with Gasteiger partial charge in [0.25, 0.3) is 0 Å². The Bertz CT molecular complexity index is 980. The molecule has 5 nitrogen and oxygen atoms in total. The highest BCUT2D eigenvalue weighted by atomic mass is 19.1. The average molecular weight is 414 g/mol. The van der Waals surface area contributed by atoms with E-state index in [1.165, 1.54) is 19.1 Å². The molecule has 2 amide bonds. The molecule has 0 saturated carbocycles. The van der Waals surface area contributed by atoms with Crippen LogP contribution in [0.4, 0.5) is 19.3 Å². The number of amides is 2. The van der Waals surface area contributed by atoms with Crippen molar-refractivity contribution in [1.29, 1.82) is 0 Å². The van der Waals surface area contributed by atoms with Crippen LogP contribution >= 0.6 is 0 Å². The lowest BCUT2D eigenvalue weighted by Crippen LogP contribution is -2.55. The van der Waals surface area contributed by atoms with Crippen molar-refractivity contribution in [3.05, 3.63) is 65.2 Å². The summed E-state index contributed by atoms with van der Waals surface area (Å²) in [7, 11) is 0. The maximum Gasteiger partial charge on any atom is 0.322 e. The van der Waals surface area contributed by atoms with E-state index in [1.54, 1.807) is 29.2 Å². The number of aliphatic hydroxyl groups is 1. The SMILES string of the molecule is CC(=O)c1cccc(NC(=O)N2C3CCC2CC(O)(Cc2ccc(F)cc2F)C3)c1. The molecule has 2 N–H and O–H groups in total. The Morgan fingerprint density at radius 3 is 2.47 bits per heavy atom. The van der Waals surface area contributed by atoms with Crippen molar-refractivity contribution >= 4 is 17.5 Å². The summed E-state index contributed by atoms with van der Waals surface area (Å²) in [5.41, 5.74) is 0.194. The number of benzene rings is 2. The van der Waals surface area contributed by atoms with Crippen LogP contribution in [0, 0.1) is 11.6 Å². The van der Waals surface area contributed by atoms with E-state index in [9.17, 15) is 23.5 Å². The van der Waals surface area contributed by atoms with Gasteiger partial charge in [-0.2, -0.15) is 0 Å². The number of nitrogens with one attached hydrogen (secondary N) is 1. The van der Waals surface area contributed by atoms with Gasteiger partial charge in [0.2, 0.25) is 0 Å². The first-order chi connectivity index (χ1) is 14.2. The van der Waals surface area contributed by atoms with Gasteiger partial charge < -0.3 is 15.3 Å². The summed E-state index contributed by atoms with van der Waals surface area (Å²) in [4.78, 5) is 26.2. The molecule has 0 radical (unpaired) electrons. The molecule has 7 heteroatoms. The van der Waals surface area contributed by atoms with Crippen LogP contribution in [0.5, 0.6) is 0 Å². The van der Waals surface area contributed by atoms with Crippen LogP contribution in [0.1, 0.15) is 48.5 Å². The number of halogens is 2. The third-order valence-electron chi connectivity index (χ3n) is 6.14. The number of hydrogen-bond acceptors (Lipinski definition) is 3. The molecule has 2 heterocycles. The van der Waals surface area contributed by atoms with E-state index in [1.807, 2.05) is 0 Å². The van der Waals surface area contributed by atoms with E-state index in [0.717, 1.165) is 18.9 Å². The molecule has 2 aliphatic rings. The monoisotopic (exact) mass is 414 g/mol. The van der Waals surface area contributed by atoms with Gasteiger partial charge in [-0.3, -0.25) is 4.79 Å². The maximum atomic E-state index is 14.1. The Kier molecular flexibility index (Phi) is 5.32. The van der Waals surface area contributed by atoms with Crippen molar-refractivity contribution in [2.45, 2.75) is 56.7 Å². The summed E-state index contributed by atoms with van der Waals surface area (Å²) in [5, 5.41) is 14.0. The predicted octanol–water partition coefficient (Wildman–Crippen LogP) is 4.30. The third kappa shape index (κ3) is 4.07. The van der Waals surface area contributed by atoms with Crippen LogP contribution < -0.4 is 5.32 Å². The summed E-state index contributed by atoms with van der Waals surface area (Å²) in [6, 6.07) is 9.57. The first kappa shape index (κ1) is 20.5. The van der Waals surface area contributed by atoms with Crippen LogP contribution in [0.15, 0.2) is 42.5 Å². The molecule has 0 aromatic heterocycles. The molecular weight excluding hydrogens is 390 g/mol. The second kappa shape index (κ2) is 7.80. The summed E-state index contributed by atoms with van der Waals surface area (Å²) < 4.78 is 27.2. The molecule has 4 rings (SSSR count). The number of urea groups is 1. The van der Waals surface area contributed by atoms with Crippen LogP contribution in [0.3, 0.4) is 0 Å². The van der Waals surface area contributed by atoms with Gasteiger partial charge in [0.1, 0.15) is 11.6 Å². The lowest BCUT2D eigenvalue weighted by Gasteiger charge is -2.43. The molecule has 2 unspecified atom stereocenters. The van der Waals surface area contributed by atoms with E-state index in [4.69, 9.17) is 0 Å². The van der Waals surface area contributed by atoms with E-state index in [2.05, 4.69) is 5.32 Å². The molecule has 2 bridgehead atoms. The van der Waals surface area contributed by atoms with Crippen molar-refractivity contribution in [3.8, 4) is 0 Å². The van der Waals surface area contributed by atoms with Gasteiger partial charge in [0.05, 0.1) is 5.60 Å². The minimum atomic E-state index is -1.14. The number of anilines is 1. The molecule has 2 aliphatic heterocycles. The van der Waals surface area contributed by atoms with Gasteiger partial charge in [0.15, 0.2) is 5.78 Å². The zero-order chi connectivity index (χ0) is 21.5. The highest BCUT2D eigenvalue weighted by Gasteiger charge is 2.49. The minimum Gasteiger partial charge on any atom is -0.389 e. The highest BCUT2D eigenvalue weighted by Crippen LogP contribution is 2.42. The second-order valence-corrected chi connectivity index (χ2v) is 8.40. The fourth-order valence-electron chi connectivity index (χ4n) is 4.82. The fraction of sp³-hybridized carbons (Fsp3) is 0.391. The largest absolute Gasteiger partial charge is 0.389 e. The number of fused-ring (bicyclic) bond motifs is 2. The van der Waals surface area contributed by atoms with Gasteiger partial charge >= 0.3 is 6.03 Å². The number of Topliss-reactive ketones (excluding diaryl/α,β-unsaturated/α-hetero) is 1. The minimum absolute atomic E-state index is 0.0813. The molecule has 2 atom stereocenters. The Morgan fingerprint density at radius 2 is 1.83 bits per heavy atom. The Morgan fingerprint density at radius 1 is 1.13 bits per heavy atom. The van der Waals surface area contributed by atoms with E-state index in [0.29, 0.717) is 24.1 Å². The van der Waals surface area contributed by atoms with Crippen molar-refractivity contribution < 1.29 is 23.5 Å². The van der Waals surface area contributed by atoms with Crippen LogP contribution in [0.25, 0.3) is 0 Å². The summed E-state index contributed by atoms with van der Waals surface area (Å²) >= 11 is 0. The molecule has 2 aromatic carbocycles. The number of hydrogen-bond donors (Lipinski definition) is 2. The first-order valence-electron chi connectivity index (χ1n) is 10.1. The van der Waals surface area contributed by atoms with E-state index in [-0.39, 0.29) is 35.9 Å². The number of rotatable bonds is 4. The van der Waals surface area contributed by atoms with Crippen molar-refractivity contribution in [1.82, 2.24) is 4.90 Å². The Balaban J connectivity index is 1.46. The topological polar surface area (TPSA) is 69.6 Å². The van der Waals surface area contributed by atoms with E-state index < -0.39 is 17.2 Å². The van der Waals surface area contributed by atoms with Crippen molar-refractivity contribution in [2.24, 2.45) is 0 Å². The van der Waals surface area contributed by atoms with Gasteiger partial charge in [0, 0.05) is 35.8 Å². The second-order valence-electron chi connectivity index (χ2n) is 8.40. The van der Waals surface area contributed by atoms with Crippen molar-refractivity contribution in [3.63, 3.8) is 0 Å². The molecular formula is C23H24F2N2O3. The van der Waals surface area contributed by atoms with Gasteiger partial charge in [-0.25, -0.2) is 13.6 Å². The maximum absolute atomic E-state index is 14.1. The average Bonchev–Trinajstić information content (AvgIpc) is 2.97. The number of ketones is 1. The number of nitrogens with zero attached hydrogens (tertiary/aromatic N) is 1. The predicted molar refractivity (Wildman–Crippen MR) is 108 cm³/mol. The van der Waals surface area contributed by atoms with Crippen LogP contribution in [0.2, 0.25) is 0 Å². The molecule has 0 spiro atoms. The highest BCUT2D eigenvalue weighted by molar-refractivity contribution is 5.96. The number of carbonyl (C=O) groups is 2. The molecule has 0 aliphatic carbocycles. The summed E-state index contributed by atoms with van der Waals surface area (Å²) in [6.45, 7) is 1.47. The summed E-state index contributed by atoms with van der Waals surface area (Å²) in [6.07, 6.45) is 2.28. The Labute approximate surface area is 173 Å². The standard InChI is InChI=1S/C23H24F2N2O3/c1-14(28)15-3-2-4-18(9-15)26-22(29)27-19-7-8-20(27)13-23(30,12-19)11-16-5-6-17(24)10-21(16)25/h2-6,9-10,19-20,30H,7-8,11-13H2,1H3,(H,26,29). The van der Waals surface area contributed by atoms with Gasteiger partial charge in [-0.05, 0) is 56.4 Å². The van der Waals surface area contributed by atoms with Gasteiger partial charge in [-0.1, -0.05) is 18.2 Å². The Hall–Kier alpha value is -2.80. The lowest BCUT2D eigenvalue weighted by atomic mass is 9.81. The van der Waals surface area contributed by atoms with E-state index >= 15 is 0 Å². The zero-order valence-electron chi connectivity index (χ0n) is 16.7. The third-order valence-corrected chi connectivity index (χ3v) is 6.14. The number of carbonyl (C=O) groups excluding carboxylic acids is 2. The van der Waals surface area contributed by atoms with Crippen molar-refractivity contribution in [2.75, 3.05) is 5.32 Å². The fourth-order valence-corrected chi connectivity index (χ4v) is 4.82. The normalized spacial score (nSPS) is 25.3. The van der Waals surface area contributed by atoms with Crippen LogP contribution in [-0.4, -0.2) is 39.5 Å². The van der Waals surface area contributed by atoms with Gasteiger partial charge in [-0.15, -0.1) is 0 Å². The van der Waals surface area contributed by atoms with Crippen LogP contribution in [-0.2, 0) is 6.42 Å². The number of piperidine rings is 1. The lowest BCUT2D eigenvalue weighted by molar-refractivity contribution is -0.0372. The summed E-state index contributed by atoms with van der Waals surface area (Å²) in [5.74, 6) is -1.40. The molecule has 2 aromatic rings. The molecule has 2 fully saturated rings. The quantitative estimate of drug-likeness (QED) is 0.733. The molecule has 158 valence electrons. The first-order valence-corrected chi connectivity index (χ1v) is 10.1. The zero-order valence-corrected chi connectivity index (χ0v) is 16.7.